The van der Waals surface area contributed by atoms with Crippen molar-refractivity contribution in [2.24, 2.45) is 0 Å². The normalized spacial score (nSPS) is 25.6. The molecule has 7 heteroatoms. The van der Waals surface area contributed by atoms with Crippen LogP contribution in [-0.2, 0) is 9.59 Å². The number of aromatic nitrogens is 1. The van der Waals surface area contributed by atoms with Gasteiger partial charge in [0.2, 0.25) is 11.8 Å². The number of amides is 2. The van der Waals surface area contributed by atoms with Crippen molar-refractivity contribution in [1.29, 1.82) is 0 Å². The Labute approximate surface area is 134 Å². The number of nitrogens with one attached hydrogen (secondary N) is 1. The second kappa shape index (κ2) is 6.75. The number of anilines is 1. The minimum absolute atomic E-state index is 0.0192. The van der Waals surface area contributed by atoms with Crippen LogP contribution in [0, 0.1) is 0 Å². The van der Waals surface area contributed by atoms with E-state index in [9.17, 15) is 9.59 Å². The minimum atomic E-state index is -0.0192. The Kier molecular flexibility index (Phi) is 4.73. The molecule has 2 aliphatic rings. The predicted molar refractivity (Wildman–Crippen MR) is 85.7 cm³/mol. The highest BCUT2D eigenvalue weighted by molar-refractivity contribution is 7.13. The lowest BCUT2D eigenvalue weighted by molar-refractivity contribution is -0.130. The zero-order valence-electron chi connectivity index (χ0n) is 12.8. The number of hydrogen-bond donors (Lipinski definition) is 1. The van der Waals surface area contributed by atoms with E-state index >= 15 is 0 Å². The van der Waals surface area contributed by atoms with Crippen LogP contribution in [0.15, 0.2) is 11.6 Å². The van der Waals surface area contributed by atoms with Gasteiger partial charge in [-0.1, -0.05) is 0 Å². The van der Waals surface area contributed by atoms with Crippen LogP contribution in [0.25, 0.3) is 0 Å². The van der Waals surface area contributed by atoms with Crippen LogP contribution in [0.5, 0.6) is 0 Å². The van der Waals surface area contributed by atoms with Gasteiger partial charge in [-0.2, -0.15) is 0 Å². The van der Waals surface area contributed by atoms with Gasteiger partial charge in [0, 0.05) is 37.1 Å². The molecule has 120 valence electrons. The van der Waals surface area contributed by atoms with E-state index in [1.165, 1.54) is 11.3 Å². The van der Waals surface area contributed by atoms with Crippen molar-refractivity contribution in [3.8, 4) is 0 Å². The molecule has 0 unspecified atom stereocenters. The van der Waals surface area contributed by atoms with E-state index in [1.807, 2.05) is 10.3 Å². The van der Waals surface area contributed by atoms with E-state index in [4.69, 9.17) is 0 Å². The Hall–Kier alpha value is -1.47. The molecule has 2 aliphatic heterocycles. The van der Waals surface area contributed by atoms with Gasteiger partial charge >= 0.3 is 0 Å². The zero-order valence-corrected chi connectivity index (χ0v) is 13.6. The highest BCUT2D eigenvalue weighted by Crippen LogP contribution is 2.29. The van der Waals surface area contributed by atoms with Crippen molar-refractivity contribution in [2.75, 3.05) is 25.0 Å². The summed E-state index contributed by atoms with van der Waals surface area (Å²) >= 11 is 1.43. The first-order valence-corrected chi connectivity index (χ1v) is 8.73. The first-order chi connectivity index (χ1) is 10.6. The van der Waals surface area contributed by atoms with Gasteiger partial charge in [0.25, 0.3) is 0 Å². The van der Waals surface area contributed by atoms with Gasteiger partial charge in [-0.3, -0.25) is 14.5 Å². The molecule has 2 fully saturated rings. The maximum Gasteiger partial charge on any atom is 0.240 e. The lowest BCUT2D eigenvalue weighted by Crippen LogP contribution is -2.49. The van der Waals surface area contributed by atoms with Gasteiger partial charge in [0.05, 0.1) is 6.54 Å². The van der Waals surface area contributed by atoms with Gasteiger partial charge < -0.3 is 10.2 Å². The summed E-state index contributed by atoms with van der Waals surface area (Å²) in [5.74, 6) is 0.135. The fourth-order valence-corrected chi connectivity index (χ4v) is 4.24. The second-order valence-corrected chi connectivity index (χ2v) is 6.88. The van der Waals surface area contributed by atoms with Crippen LogP contribution < -0.4 is 5.32 Å². The van der Waals surface area contributed by atoms with Crippen LogP contribution in [0.1, 0.15) is 32.6 Å². The lowest BCUT2D eigenvalue weighted by atomic mass is 10.0. The average molecular weight is 322 g/mol. The van der Waals surface area contributed by atoms with Crippen LogP contribution >= 0.6 is 11.3 Å². The summed E-state index contributed by atoms with van der Waals surface area (Å²) < 4.78 is 0. The summed E-state index contributed by atoms with van der Waals surface area (Å²) in [7, 11) is 0. The van der Waals surface area contributed by atoms with Gasteiger partial charge in [0.1, 0.15) is 0 Å². The van der Waals surface area contributed by atoms with E-state index in [1.54, 1.807) is 13.1 Å². The second-order valence-electron chi connectivity index (χ2n) is 5.99. The molecular weight excluding hydrogens is 300 g/mol. The maximum atomic E-state index is 12.2. The molecule has 0 saturated carbocycles. The largest absolute Gasteiger partial charge is 0.338 e. The molecule has 3 rings (SSSR count). The first kappa shape index (κ1) is 15.4. The summed E-state index contributed by atoms with van der Waals surface area (Å²) in [6.07, 6.45) is 5.97. The van der Waals surface area contributed by atoms with Crippen molar-refractivity contribution < 1.29 is 9.59 Å². The number of thiazole rings is 1. The summed E-state index contributed by atoms with van der Waals surface area (Å²) in [4.78, 5) is 32.2. The van der Waals surface area contributed by atoms with Gasteiger partial charge in [-0.05, 0) is 32.2 Å². The summed E-state index contributed by atoms with van der Waals surface area (Å²) in [6.45, 7) is 3.81. The van der Waals surface area contributed by atoms with Crippen molar-refractivity contribution in [2.45, 2.75) is 44.7 Å². The molecule has 2 amide bonds. The molecular formula is C15H22N4O2S. The lowest BCUT2D eigenvalue weighted by Gasteiger charge is -2.34. The van der Waals surface area contributed by atoms with E-state index in [0.717, 1.165) is 38.8 Å². The highest BCUT2D eigenvalue weighted by Gasteiger charge is 2.39. The van der Waals surface area contributed by atoms with Crippen molar-refractivity contribution in [1.82, 2.24) is 14.8 Å². The van der Waals surface area contributed by atoms with Crippen molar-refractivity contribution >= 4 is 28.3 Å². The van der Waals surface area contributed by atoms with Gasteiger partial charge in [-0.15, -0.1) is 11.3 Å². The number of likely N-dealkylation sites (tertiary alicyclic amines) is 2. The number of carbonyl (C=O) groups is 2. The summed E-state index contributed by atoms with van der Waals surface area (Å²) in [6, 6.07) is 0.584. The number of rotatable bonds is 4. The molecule has 2 saturated heterocycles. The van der Waals surface area contributed by atoms with Crippen LogP contribution in [0.2, 0.25) is 0 Å². The van der Waals surface area contributed by atoms with E-state index in [0.29, 0.717) is 17.7 Å². The molecule has 0 aromatic carbocycles. The quantitative estimate of drug-likeness (QED) is 0.913. The van der Waals surface area contributed by atoms with Crippen LogP contribution in [-0.4, -0.2) is 58.3 Å². The predicted octanol–water partition coefficient (Wildman–Crippen LogP) is 1.56. The molecule has 2 atom stereocenters. The third kappa shape index (κ3) is 3.30. The number of carbonyl (C=O) groups excluding carboxylic acids is 2. The Balaban J connectivity index is 1.60. The number of hydrogen-bond acceptors (Lipinski definition) is 5. The fourth-order valence-electron chi connectivity index (χ4n) is 3.70. The zero-order chi connectivity index (χ0) is 15.5. The molecule has 0 radical (unpaired) electrons. The molecule has 0 bridgehead atoms. The third-order valence-electron chi connectivity index (χ3n) is 4.59. The molecule has 0 spiro atoms. The molecule has 1 aromatic heterocycles. The highest BCUT2D eigenvalue weighted by atomic mass is 32.1. The summed E-state index contributed by atoms with van der Waals surface area (Å²) in [5, 5.41) is 5.33. The molecule has 1 aromatic rings. The molecule has 1 N–H and O–H groups in total. The fraction of sp³-hybridized carbons (Fsp3) is 0.667. The average Bonchev–Trinajstić information content (AvgIpc) is 3.17. The van der Waals surface area contributed by atoms with Crippen molar-refractivity contribution in [3.05, 3.63) is 11.6 Å². The van der Waals surface area contributed by atoms with Crippen molar-refractivity contribution in [3.63, 3.8) is 0 Å². The topological polar surface area (TPSA) is 65.5 Å². The molecule has 0 aliphatic carbocycles. The van der Waals surface area contributed by atoms with Crippen LogP contribution in [0.4, 0.5) is 5.13 Å². The standard InChI is InChI=1S/C15H22N4O2S/c1-11(20)19-8-3-5-13(19)12-4-2-7-18(12)10-14(21)17-15-16-6-9-22-15/h6,9,12-13H,2-5,7-8,10H2,1H3,(H,16,17,21)/t12-,13+/m1/s1. The Bertz CT molecular complexity index is 534. The minimum Gasteiger partial charge on any atom is -0.338 e. The van der Waals surface area contributed by atoms with Crippen LogP contribution in [0.3, 0.4) is 0 Å². The Morgan fingerprint density at radius 3 is 2.82 bits per heavy atom. The Morgan fingerprint density at radius 1 is 1.32 bits per heavy atom. The SMILES string of the molecule is CC(=O)N1CCC[C@H]1[C@H]1CCCN1CC(=O)Nc1nccs1. The van der Waals surface area contributed by atoms with Gasteiger partial charge in [0.15, 0.2) is 5.13 Å². The monoisotopic (exact) mass is 322 g/mol. The first-order valence-electron chi connectivity index (χ1n) is 7.86. The molecule has 3 heterocycles. The summed E-state index contributed by atoms with van der Waals surface area (Å²) in [5.41, 5.74) is 0. The number of nitrogens with zero attached hydrogens (tertiary/aromatic N) is 3. The molecule has 6 nitrogen and oxygen atoms in total. The maximum absolute atomic E-state index is 12.2. The molecule has 22 heavy (non-hydrogen) atoms. The Morgan fingerprint density at radius 2 is 2.09 bits per heavy atom. The van der Waals surface area contributed by atoms with E-state index in [-0.39, 0.29) is 17.9 Å². The third-order valence-corrected chi connectivity index (χ3v) is 5.28. The van der Waals surface area contributed by atoms with E-state index < -0.39 is 0 Å². The van der Waals surface area contributed by atoms with Gasteiger partial charge in [-0.25, -0.2) is 4.98 Å². The van der Waals surface area contributed by atoms with E-state index in [2.05, 4.69) is 15.2 Å². The smallest absolute Gasteiger partial charge is 0.240 e.